The first-order valence-corrected chi connectivity index (χ1v) is 8.20. The van der Waals surface area contributed by atoms with Gasteiger partial charge < -0.3 is 5.73 Å². The second-order valence-electron chi connectivity index (χ2n) is 7.62. The van der Waals surface area contributed by atoms with Crippen LogP contribution in [-0.4, -0.2) is 5.54 Å². The van der Waals surface area contributed by atoms with Crippen molar-refractivity contribution >= 4 is 11.6 Å². The van der Waals surface area contributed by atoms with Gasteiger partial charge in [0.15, 0.2) is 0 Å². The van der Waals surface area contributed by atoms with Crippen LogP contribution in [0.15, 0.2) is 24.3 Å². The van der Waals surface area contributed by atoms with E-state index in [-0.39, 0.29) is 5.54 Å². The second-order valence-corrected chi connectivity index (χ2v) is 8.03. The number of benzene rings is 1. The lowest BCUT2D eigenvalue weighted by molar-refractivity contribution is 0.210. The van der Waals surface area contributed by atoms with E-state index in [1.54, 1.807) is 0 Å². The topological polar surface area (TPSA) is 26.0 Å². The van der Waals surface area contributed by atoms with Crippen LogP contribution < -0.4 is 5.73 Å². The first kappa shape index (κ1) is 15.9. The van der Waals surface area contributed by atoms with Gasteiger partial charge in [-0.25, -0.2) is 0 Å². The Hall–Kier alpha value is -0.530. The van der Waals surface area contributed by atoms with Gasteiger partial charge in [-0.3, -0.25) is 0 Å². The van der Waals surface area contributed by atoms with Crippen LogP contribution in [-0.2, 0) is 6.42 Å². The van der Waals surface area contributed by atoms with E-state index in [0.29, 0.717) is 5.41 Å². The minimum atomic E-state index is -0.0784. The predicted molar refractivity (Wildman–Crippen MR) is 88.1 cm³/mol. The molecule has 2 rings (SSSR count). The summed E-state index contributed by atoms with van der Waals surface area (Å²) in [6.45, 7) is 7.07. The van der Waals surface area contributed by atoms with Crippen molar-refractivity contribution < 1.29 is 0 Å². The summed E-state index contributed by atoms with van der Waals surface area (Å²) in [4.78, 5) is 0. The standard InChI is InChI=1S/C18H28ClN/c1-17(2,3)15-8-6-11-18(20,12-10-15)13-14-7-4-5-9-16(14)19/h4-5,7,9,15H,6,8,10-13,20H2,1-3H3. The smallest absolute Gasteiger partial charge is 0.0438 e. The fourth-order valence-corrected chi connectivity index (χ4v) is 3.70. The molecule has 0 spiro atoms. The zero-order valence-electron chi connectivity index (χ0n) is 13.1. The van der Waals surface area contributed by atoms with Crippen molar-refractivity contribution in [2.24, 2.45) is 17.1 Å². The van der Waals surface area contributed by atoms with E-state index in [2.05, 4.69) is 32.9 Å². The van der Waals surface area contributed by atoms with Crippen LogP contribution in [0.4, 0.5) is 0 Å². The van der Waals surface area contributed by atoms with Crippen LogP contribution in [0, 0.1) is 11.3 Å². The molecular formula is C18H28ClN. The largest absolute Gasteiger partial charge is 0.325 e. The monoisotopic (exact) mass is 293 g/mol. The zero-order chi connectivity index (χ0) is 14.8. The highest BCUT2D eigenvalue weighted by atomic mass is 35.5. The Morgan fingerprint density at radius 2 is 1.90 bits per heavy atom. The lowest BCUT2D eigenvalue weighted by Gasteiger charge is -2.31. The Bertz CT molecular complexity index is 449. The van der Waals surface area contributed by atoms with Crippen molar-refractivity contribution in [3.63, 3.8) is 0 Å². The lowest BCUT2D eigenvalue weighted by atomic mass is 9.76. The fourth-order valence-electron chi connectivity index (χ4n) is 3.50. The summed E-state index contributed by atoms with van der Waals surface area (Å²) >= 11 is 6.29. The van der Waals surface area contributed by atoms with Gasteiger partial charge in [-0.1, -0.05) is 57.0 Å². The van der Waals surface area contributed by atoms with Crippen molar-refractivity contribution in [1.82, 2.24) is 0 Å². The Kier molecular flexibility index (Phi) is 4.81. The highest BCUT2D eigenvalue weighted by Crippen LogP contribution is 2.40. The molecule has 1 saturated carbocycles. The SMILES string of the molecule is CC(C)(C)C1CCCC(N)(Cc2ccccc2Cl)CC1. The van der Waals surface area contributed by atoms with Gasteiger partial charge in [0.25, 0.3) is 0 Å². The molecule has 1 aliphatic carbocycles. The van der Waals surface area contributed by atoms with Crippen molar-refractivity contribution in [1.29, 1.82) is 0 Å². The van der Waals surface area contributed by atoms with Crippen molar-refractivity contribution in [3.05, 3.63) is 34.9 Å². The number of halogens is 1. The molecule has 0 radical (unpaired) electrons. The van der Waals surface area contributed by atoms with E-state index in [0.717, 1.165) is 30.2 Å². The van der Waals surface area contributed by atoms with E-state index in [4.69, 9.17) is 17.3 Å². The number of rotatable bonds is 2. The highest BCUT2D eigenvalue weighted by molar-refractivity contribution is 6.31. The summed E-state index contributed by atoms with van der Waals surface area (Å²) in [6.07, 6.45) is 6.92. The normalized spacial score (nSPS) is 28.1. The minimum absolute atomic E-state index is 0.0784. The quantitative estimate of drug-likeness (QED) is 0.745. The van der Waals surface area contributed by atoms with E-state index >= 15 is 0 Å². The first-order chi connectivity index (χ1) is 9.30. The molecule has 1 nitrogen and oxygen atoms in total. The molecule has 0 saturated heterocycles. The molecule has 2 N–H and O–H groups in total. The highest BCUT2D eigenvalue weighted by Gasteiger charge is 2.33. The molecule has 112 valence electrons. The first-order valence-electron chi connectivity index (χ1n) is 7.82. The van der Waals surface area contributed by atoms with Gasteiger partial charge in [0.1, 0.15) is 0 Å². The van der Waals surface area contributed by atoms with E-state index < -0.39 is 0 Å². The molecule has 0 amide bonds. The maximum atomic E-state index is 6.71. The van der Waals surface area contributed by atoms with Gasteiger partial charge in [-0.05, 0) is 55.1 Å². The molecule has 0 aliphatic heterocycles. The summed E-state index contributed by atoms with van der Waals surface area (Å²) in [6, 6.07) is 8.12. The van der Waals surface area contributed by atoms with Crippen LogP contribution in [0.3, 0.4) is 0 Å². The molecule has 0 bridgehead atoms. The molecular weight excluding hydrogens is 266 g/mol. The Morgan fingerprint density at radius 3 is 2.55 bits per heavy atom. The molecule has 20 heavy (non-hydrogen) atoms. The third-order valence-electron chi connectivity index (χ3n) is 4.94. The second kappa shape index (κ2) is 6.07. The Labute approximate surface area is 128 Å². The molecule has 2 atom stereocenters. The molecule has 1 aromatic carbocycles. The third kappa shape index (κ3) is 3.99. The molecule has 1 aliphatic rings. The molecule has 0 aromatic heterocycles. The maximum absolute atomic E-state index is 6.71. The summed E-state index contributed by atoms with van der Waals surface area (Å²) < 4.78 is 0. The Balaban J connectivity index is 2.06. The summed E-state index contributed by atoms with van der Waals surface area (Å²) in [7, 11) is 0. The molecule has 2 unspecified atom stereocenters. The molecule has 2 heteroatoms. The maximum Gasteiger partial charge on any atom is 0.0438 e. The van der Waals surface area contributed by atoms with Crippen molar-refractivity contribution in [3.8, 4) is 0 Å². The van der Waals surface area contributed by atoms with Crippen LogP contribution in [0.2, 0.25) is 5.02 Å². The van der Waals surface area contributed by atoms with Crippen LogP contribution in [0.5, 0.6) is 0 Å². The molecule has 1 fully saturated rings. The van der Waals surface area contributed by atoms with Gasteiger partial charge in [0.2, 0.25) is 0 Å². The lowest BCUT2D eigenvalue weighted by Crippen LogP contribution is -2.41. The fraction of sp³-hybridized carbons (Fsp3) is 0.667. The van der Waals surface area contributed by atoms with Crippen LogP contribution in [0.25, 0.3) is 0 Å². The van der Waals surface area contributed by atoms with E-state index in [1.165, 1.54) is 24.8 Å². The molecule has 1 aromatic rings. The third-order valence-corrected chi connectivity index (χ3v) is 5.31. The number of nitrogens with two attached hydrogens (primary N) is 1. The van der Waals surface area contributed by atoms with E-state index in [9.17, 15) is 0 Å². The summed E-state index contributed by atoms with van der Waals surface area (Å²) in [5.41, 5.74) is 8.23. The van der Waals surface area contributed by atoms with Crippen molar-refractivity contribution in [2.45, 2.75) is 64.8 Å². The average Bonchev–Trinajstić information content (AvgIpc) is 2.54. The predicted octanol–water partition coefficient (Wildman–Crippen LogP) is 5.21. The van der Waals surface area contributed by atoms with Crippen molar-refractivity contribution in [2.75, 3.05) is 0 Å². The summed E-state index contributed by atoms with van der Waals surface area (Å²) in [5, 5.41) is 0.856. The number of hydrogen-bond donors (Lipinski definition) is 1. The van der Waals surface area contributed by atoms with Gasteiger partial charge in [0, 0.05) is 10.6 Å². The molecule has 0 heterocycles. The van der Waals surface area contributed by atoms with Gasteiger partial charge in [-0.2, -0.15) is 0 Å². The number of hydrogen-bond acceptors (Lipinski definition) is 1. The Morgan fingerprint density at radius 1 is 1.20 bits per heavy atom. The summed E-state index contributed by atoms with van der Waals surface area (Å²) in [5.74, 6) is 0.791. The van der Waals surface area contributed by atoms with Crippen LogP contribution in [0.1, 0.15) is 58.4 Å². The van der Waals surface area contributed by atoms with Gasteiger partial charge in [0.05, 0.1) is 0 Å². The van der Waals surface area contributed by atoms with Gasteiger partial charge in [-0.15, -0.1) is 0 Å². The van der Waals surface area contributed by atoms with E-state index in [1.807, 2.05) is 12.1 Å². The van der Waals surface area contributed by atoms with Gasteiger partial charge >= 0.3 is 0 Å². The zero-order valence-corrected chi connectivity index (χ0v) is 13.8. The van der Waals surface area contributed by atoms with Crippen LogP contribution >= 0.6 is 11.6 Å². The average molecular weight is 294 g/mol. The minimum Gasteiger partial charge on any atom is -0.325 e.